The number of nitrogens with one attached hydrogen (secondary N) is 1. The smallest absolute Gasteiger partial charge is 0.381 e. The summed E-state index contributed by atoms with van der Waals surface area (Å²) < 4.78 is 65.2. The van der Waals surface area contributed by atoms with E-state index in [0.717, 1.165) is 39.9 Å². The van der Waals surface area contributed by atoms with Crippen LogP contribution >= 0.6 is 0 Å². The molecule has 10 rings (SSSR count). The van der Waals surface area contributed by atoms with Gasteiger partial charge in [0.1, 0.15) is 28.7 Å². The molecular formula is C47H49F2N9O6S. The molecule has 3 aromatic carbocycles. The molecule has 18 heteroatoms. The molecule has 65 heavy (non-hydrogen) atoms. The van der Waals surface area contributed by atoms with Gasteiger partial charge in [0.15, 0.2) is 5.82 Å². The molecule has 2 fully saturated rings. The average molecular weight is 906 g/mol. The first-order chi connectivity index (χ1) is 31.2. The molecule has 0 radical (unpaired) electrons. The van der Waals surface area contributed by atoms with Gasteiger partial charge in [-0.2, -0.15) is 5.10 Å². The van der Waals surface area contributed by atoms with E-state index in [1.165, 1.54) is 36.1 Å². The molecule has 1 amide bonds. The first-order valence-corrected chi connectivity index (χ1v) is 23.6. The zero-order valence-electron chi connectivity index (χ0n) is 36.9. The third-order valence-electron chi connectivity index (χ3n) is 13.9. The van der Waals surface area contributed by atoms with Crippen molar-refractivity contribution in [3.63, 3.8) is 0 Å². The third kappa shape index (κ3) is 6.65. The Labute approximate surface area is 372 Å². The normalized spacial score (nSPS) is 20.8. The van der Waals surface area contributed by atoms with Gasteiger partial charge in [0, 0.05) is 67.8 Å². The first kappa shape index (κ1) is 42.5. The van der Waals surface area contributed by atoms with E-state index >= 15 is 13.6 Å². The van der Waals surface area contributed by atoms with Gasteiger partial charge < -0.3 is 14.2 Å². The molecule has 1 aliphatic carbocycles. The lowest BCUT2D eigenvalue weighted by Crippen LogP contribution is -2.41. The highest BCUT2D eigenvalue weighted by atomic mass is 32.2. The summed E-state index contributed by atoms with van der Waals surface area (Å²) in [5, 5.41) is 10.1. The van der Waals surface area contributed by atoms with Gasteiger partial charge in [-0.3, -0.25) is 23.4 Å². The SMILES string of the molecule is CC[S@@](=O)(=NC)c1ccc(-n2ccn(-c3c4c(nn3-c3cc(C)c(F)c(C)c3)CCN(C(=O)c3cc5cc(C6CCOCC6)ccc5n3[C@@]3(c5noc(=O)[nH]5)C[C@@H]3C)[C@H]4C)c2=O)c(F)c1. The minimum atomic E-state index is -2.84. The second-order valence-corrected chi connectivity index (χ2v) is 20.2. The number of aryl methyl sites for hydroxylation is 2. The summed E-state index contributed by atoms with van der Waals surface area (Å²) in [4.78, 5) is 47.3. The van der Waals surface area contributed by atoms with Gasteiger partial charge in [0.25, 0.3) is 5.91 Å². The van der Waals surface area contributed by atoms with Crippen molar-refractivity contribution in [2.24, 2.45) is 10.3 Å². The van der Waals surface area contributed by atoms with Gasteiger partial charge in [0.05, 0.1) is 37.7 Å². The van der Waals surface area contributed by atoms with E-state index in [0.29, 0.717) is 77.4 Å². The molecule has 0 spiro atoms. The maximum absolute atomic E-state index is 16.0. The number of aromatic nitrogens is 7. The predicted molar refractivity (Wildman–Crippen MR) is 239 cm³/mol. The largest absolute Gasteiger partial charge is 0.438 e. The number of imidazole rings is 1. The summed E-state index contributed by atoms with van der Waals surface area (Å²) in [6, 6.07) is 14.9. The summed E-state index contributed by atoms with van der Waals surface area (Å²) >= 11 is 0. The summed E-state index contributed by atoms with van der Waals surface area (Å²) in [7, 11) is -1.41. The number of rotatable bonds is 9. The number of carbonyl (C=O) groups excluding carboxylic acids is 1. The molecule has 15 nitrogen and oxygen atoms in total. The van der Waals surface area contributed by atoms with Crippen LogP contribution in [0.15, 0.2) is 90.4 Å². The molecule has 0 unspecified atom stereocenters. The van der Waals surface area contributed by atoms with Crippen LogP contribution in [0, 0.1) is 31.4 Å². The zero-order chi connectivity index (χ0) is 45.7. The summed E-state index contributed by atoms with van der Waals surface area (Å²) in [6.45, 7) is 10.6. The lowest BCUT2D eigenvalue weighted by Gasteiger charge is -2.34. The highest BCUT2D eigenvalue weighted by Crippen LogP contribution is 2.56. The Balaban J connectivity index is 1.12. The van der Waals surface area contributed by atoms with Crippen LogP contribution in [0.5, 0.6) is 0 Å². The van der Waals surface area contributed by atoms with Gasteiger partial charge in [-0.15, -0.1) is 0 Å². The first-order valence-electron chi connectivity index (χ1n) is 21.9. The molecule has 4 atom stereocenters. The van der Waals surface area contributed by atoms with E-state index < -0.39 is 38.6 Å². The molecule has 4 aromatic heterocycles. The van der Waals surface area contributed by atoms with Crippen molar-refractivity contribution in [2.75, 3.05) is 32.6 Å². The predicted octanol–water partition coefficient (Wildman–Crippen LogP) is 7.25. The number of aromatic amines is 1. The van der Waals surface area contributed by atoms with Crippen molar-refractivity contribution in [3.05, 3.63) is 139 Å². The molecular weight excluding hydrogens is 857 g/mol. The minimum Gasteiger partial charge on any atom is -0.381 e. The fourth-order valence-electron chi connectivity index (χ4n) is 10.2. The number of H-pyrrole nitrogens is 1. The Hall–Kier alpha value is -6.40. The Morgan fingerprint density at radius 1 is 1.00 bits per heavy atom. The molecule has 3 aliphatic rings. The maximum atomic E-state index is 16.0. The Morgan fingerprint density at radius 3 is 2.37 bits per heavy atom. The summed E-state index contributed by atoms with van der Waals surface area (Å²) in [5.74, 6) is -0.944. The van der Waals surface area contributed by atoms with Crippen LogP contribution in [0.1, 0.15) is 96.3 Å². The van der Waals surface area contributed by atoms with E-state index in [1.807, 2.05) is 30.5 Å². The topological polar surface area (TPSA) is 168 Å². The number of nitrogens with zero attached hydrogens (tertiary/aromatic N) is 8. The Kier molecular flexibility index (Phi) is 10.2. The third-order valence-corrected chi connectivity index (χ3v) is 16.2. The van der Waals surface area contributed by atoms with Crippen LogP contribution in [0.4, 0.5) is 8.78 Å². The Morgan fingerprint density at radius 2 is 1.72 bits per heavy atom. The molecule has 2 aliphatic heterocycles. The van der Waals surface area contributed by atoms with Crippen LogP contribution in [0.25, 0.3) is 28.1 Å². The Bertz CT molecular complexity index is 3300. The molecule has 7 aromatic rings. The van der Waals surface area contributed by atoms with E-state index in [-0.39, 0.29) is 40.5 Å². The van der Waals surface area contributed by atoms with Gasteiger partial charge in [-0.05, 0) is 117 Å². The van der Waals surface area contributed by atoms with Crippen molar-refractivity contribution in [1.29, 1.82) is 0 Å². The highest BCUT2D eigenvalue weighted by Gasteiger charge is 2.59. The molecule has 1 saturated carbocycles. The number of carbonyl (C=O) groups is 1. The van der Waals surface area contributed by atoms with Gasteiger partial charge >= 0.3 is 11.4 Å². The fraction of sp³-hybridized carbons (Fsp3) is 0.383. The number of hydrogen-bond acceptors (Lipinski definition) is 9. The van der Waals surface area contributed by atoms with E-state index in [4.69, 9.17) is 14.4 Å². The lowest BCUT2D eigenvalue weighted by atomic mass is 9.91. The number of amides is 1. The van der Waals surface area contributed by atoms with Gasteiger partial charge in [-0.1, -0.05) is 25.1 Å². The van der Waals surface area contributed by atoms with E-state index in [9.17, 15) is 13.8 Å². The van der Waals surface area contributed by atoms with E-state index in [1.54, 1.807) is 42.5 Å². The number of benzene rings is 3. The number of fused-ring (bicyclic) bond motifs is 2. The minimum absolute atomic E-state index is 0.00672. The van der Waals surface area contributed by atoms with Crippen LogP contribution in [-0.4, -0.2) is 81.2 Å². The van der Waals surface area contributed by atoms with Gasteiger partial charge in [-0.25, -0.2) is 31.6 Å². The molecule has 1 N–H and O–H groups in total. The molecule has 338 valence electrons. The summed E-state index contributed by atoms with van der Waals surface area (Å²) in [5.41, 5.74) is 3.30. The average Bonchev–Trinajstić information content (AvgIpc) is 3.80. The van der Waals surface area contributed by atoms with Crippen molar-refractivity contribution in [1.82, 2.24) is 38.5 Å². The highest BCUT2D eigenvalue weighted by molar-refractivity contribution is 7.93. The van der Waals surface area contributed by atoms with Crippen LogP contribution in [0.3, 0.4) is 0 Å². The van der Waals surface area contributed by atoms with Crippen LogP contribution in [-0.2, 0) is 26.4 Å². The lowest BCUT2D eigenvalue weighted by molar-refractivity contribution is 0.0663. The van der Waals surface area contributed by atoms with Crippen LogP contribution < -0.4 is 11.4 Å². The van der Waals surface area contributed by atoms with Gasteiger partial charge in [0.2, 0.25) is 0 Å². The van der Waals surface area contributed by atoms with Crippen molar-refractivity contribution >= 4 is 26.5 Å². The standard InChI is InChI=1S/C47H49F2N9O6S/c1-7-65(62,50-6)34-9-11-38(35(48)24-34)55-16-17-56(46(55)61)42-40-29(5)54(15-12-36(40)52-58(42)33-20-26(2)41(49)27(3)21-33)43(59)39-23-32-22-31(30-13-18-63-19-14-30)8-10-37(32)57(39)47(25-28(47)4)44-51-45(60)64-53-44/h8-11,16-17,20-24,28-30H,7,12-15,18-19,25H2,1-6H3,(H,51,53,60)/t28-,29-,47-,65-/m0/s1. The molecule has 0 bridgehead atoms. The monoisotopic (exact) mass is 905 g/mol. The van der Waals surface area contributed by atoms with Crippen molar-refractivity contribution in [2.45, 2.75) is 82.7 Å². The zero-order valence-corrected chi connectivity index (χ0v) is 37.7. The van der Waals surface area contributed by atoms with Crippen molar-refractivity contribution < 1.29 is 27.0 Å². The second-order valence-electron chi connectivity index (χ2n) is 17.5. The maximum Gasteiger partial charge on any atom is 0.438 e. The van der Waals surface area contributed by atoms with E-state index in [2.05, 4.69) is 26.6 Å². The number of ether oxygens (including phenoxy) is 1. The molecule has 1 saturated heterocycles. The van der Waals surface area contributed by atoms with Crippen molar-refractivity contribution in [3.8, 4) is 17.2 Å². The number of halogens is 2. The number of hydrogen-bond donors (Lipinski definition) is 1. The van der Waals surface area contributed by atoms with Crippen LogP contribution in [0.2, 0.25) is 0 Å². The fourth-order valence-corrected chi connectivity index (χ4v) is 11.6. The second kappa shape index (κ2) is 15.6. The molecule has 6 heterocycles. The summed E-state index contributed by atoms with van der Waals surface area (Å²) in [6.07, 6.45) is 5.67. The quantitative estimate of drug-likeness (QED) is 0.158.